The summed E-state index contributed by atoms with van der Waals surface area (Å²) in [5.74, 6) is -0.310. The molecule has 5 nitrogen and oxygen atoms in total. The van der Waals surface area contributed by atoms with E-state index in [0.29, 0.717) is 0 Å². The SMILES string of the molecule is CN(CC(=O)O)C(=O)Cc1ccc2c(c1)CCCO2. The molecule has 1 aliphatic heterocycles. The third-order valence-electron chi connectivity index (χ3n) is 3.13. The van der Waals surface area contributed by atoms with Crippen molar-refractivity contribution in [2.75, 3.05) is 20.2 Å². The van der Waals surface area contributed by atoms with E-state index < -0.39 is 5.97 Å². The van der Waals surface area contributed by atoms with E-state index in [9.17, 15) is 9.59 Å². The van der Waals surface area contributed by atoms with Gasteiger partial charge in [-0.15, -0.1) is 0 Å². The summed E-state index contributed by atoms with van der Waals surface area (Å²) < 4.78 is 5.51. The lowest BCUT2D eigenvalue weighted by Gasteiger charge is -2.19. The maximum Gasteiger partial charge on any atom is 0.323 e. The number of rotatable bonds is 4. The minimum atomic E-state index is -1.00. The fourth-order valence-electron chi connectivity index (χ4n) is 2.12. The fourth-order valence-corrected chi connectivity index (χ4v) is 2.12. The maximum absolute atomic E-state index is 11.8. The molecule has 1 N–H and O–H groups in total. The van der Waals surface area contributed by atoms with E-state index in [1.807, 2.05) is 18.2 Å². The van der Waals surface area contributed by atoms with E-state index in [1.165, 1.54) is 11.9 Å². The number of aliphatic carboxylic acids is 1. The molecule has 0 aromatic heterocycles. The van der Waals surface area contributed by atoms with Crippen LogP contribution in [0.5, 0.6) is 5.75 Å². The Morgan fingerprint density at radius 3 is 2.95 bits per heavy atom. The van der Waals surface area contributed by atoms with E-state index in [0.717, 1.165) is 36.3 Å². The second-order valence-corrected chi connectivity index (χ2v) is 4.71. The normalized spacial score (nSPS) is 13.3. The molecule has 0 fully saturated rings. The van der Waals surface area contributed by atoms with Crippen molar-refractivity contribution in [1.29, 1.82) is 0 Å². The molecule has 5 heteroatoms. The van der Waals surface area contributed by atoms with Crippen LogP contribution >= 0.6 is 0 Å². The molecule has 0 unspecified atom stereocenters. The van der Waals surface area contributed by atoms with Gasteiger partial charge in [0.1, 0.15) is 12.3 Å². The molecule has 0 spiro atoms. The number of hydrogen-bond donors (Lipinski definition) is 1. The molecule has 0 saturated carbocycles. The van der Waals surface area contributed by atoms with Crippen LogP contribution in [0.15, 0.2) is 18.2 Å². The number of likely N-dealkylation sites (N-methyl/N-ethyl adjacent to an activating group) is 1. The zero-order valence-corrected chi connectivity index (χ0v) is 10.9. The minimum Gasteiger partial charge on any atom is -0.493 e. The van der Waals surface area contributed by atoms with Crippen LogP contribution in [0.25, 0.3) is 0 Å². The van der Waals surface area contributed by atoms with Gasteiger partial charge < -0.3 is 14.7 Å². The Kier molecular flexibility index (Phi) is 4.04. The number of carboxylic acid groups (broad SMARTS) is 1. The second kappa shape index (κ2) is 5.73. The Hall–Kier alpha value is -2.04. The summed E-state index contributed by atoms with van der Waals surface area (Å²) in [7, 11) is 1.50. The van der Waals surface area contributed by atoms with E-state index in [2.05, 4.69) is 0 Å². The third-order valence-corrected chi connectivity index (χ3v) is 3.13. The van der Waals surface area contributed by atoms with Gasteiger partial charge in [0.05, 0.1) is 13.0 Å². The average Bonchev–Trinajstić information content (AvgIpc) is 2.37. The quantitative estimate of drug-likeness (QED) is 0.883. The van der Waals surface area contributed by atoms with Gasteiger partial charge in [-0.05, 0) is 30.0 Å². The van der Waals surface area contributed by atoms with Crippen molar-refractivity contribution in [3.8, 4) is 5.75 Å². The molecule has 0 saturated heterocycles. The highest BCUT2D eigenvalue weighted by molar-refractivity contribution is 5.82. The van der Waals surface area contributed by atoms with Crippen LogP contribution in [0.4, 0.5) is 0 Å². The number of carboxylic acids is 1. The van der Waals surface area contributed by atoms with Crippen molar-refractivity contribution in [2.45, 2.75) is 19.3 Å². The molecule has 1 aromatic carbocycles. The van der Waals surface area contributed by atoms with Crippen molar-refractivity contribution in [2.24, 2.45) is 0 Å². The summed E-state index contributed by atoms with van der Waals surface area (Å²) in [4.78, 5) is 23.6. The summed E-state index contributed by atoms with van der Waals surface area (Å²) in [6, 6.07) is 5.71. The van der Waals surface area contributed by atoms with E-state index in [1.54, 1.807) is 0 Å². The molecule has 102 valence electrons. The van der Waals surface area contributed by atoms with Crippen LogP contribution in [0.1, 0.15) is 17.5 Å². The van der Waals surface area contributed by atoms with Gasteiger partial charge in [0, 0.05) is 7.05 Å². The number of benzene rings is 1. The molecule has 19 heavy (non-hydrogen) atoms. The molecule has 0 bridgehead atoms. The summed E-state index contributed by atoms with van der Waals surface area (Å²) in [6.07, 6.45) is 2.17. The number of hydrogen-bond acceptors (Lipinski definition) is 3. The highest BCUT2D eigenvalue weighted by atomic mass is 16.5. The van der Waals surface area contributed by atoms with Crippen LogP contribution < -0.4 is 4.74 Å². The molecular weight excluding hydrogens is 246 g/mol. The van der Waals surface area contributed by atoms with E-state index in [4.69, 9.17) is 9.84 Å². The summed E-state index contributed by atoms with van der Waals surface area (Å²) in [5.41, 5.74) is 2.02. The maximum atomic E-state index is 11.8. The third kappa shape index (κ3) is 3.47. The number of amides is 1. The van der Waals surface area contributed by atoms with Crippen LogP contribution in [-0.2, 0) is 22.4 Å². The lowest BCUT2D eigenvalue weighted by atomic mass is 10.0. The summed E-state index contributed by atoms with van der Waals surface area (Å²) in [6.45, 7) is 0.472. The predicted molar refractivity (Wildman–Crippen MR) is 69.2 cm³/mol. The Morgan fingerprint density at radius 2 is 2.21 bits per heavy atom. The van der Waals surface area contributed by atoms with Gasteiger partial charge in [-0.25, -0.2) is 0 Å². The Bertz CT molecular complexity index is 498. The van der Waals surface area contributed by atoms with E-state index >= 15 is 0 Å². The van der Waals surface area contributed by atoms with Gasteiger partial charge in [-0.1, -0.05) is 12.1 Å². The summed E-state index contributed by atoms with van der Waals surface area (Å²) >= 11 is 0. The van der Waals surface area contributed by atoms with Crippen molar-refractivity contribution < 1.29 is 19.4 Å². The zero-order valence-electron chi connectivity index (χ0n) is 10.9. The number of fused-ring (bicyclic) bond motifs is 1. The number of carbonyl (C=O) groups excluding carboxylic acids is 1. The van der Waals surface area contributed by atoms with Crippen LogP contribution in [0.3, 0.4) is 0 Å². The minimum absolute atomic E-state index is 0.195. The molecule has 1 heterocycles. The first-order chi connectivity index (χ1) is 9.06. The summed E-state index contributed by atoms with van der Waals surface area (Å²) in [5, 5.41) is 8.65. The topological polar surface area (TPSA) is 66.8 Å². The van der Waals surface area contributed by atoms with Crippen LogP contribution in [-0.4, -0.2) is 42.1 Å². The molecule has 1 aliphatic rings. The van der Waals surface area contributed by atoms with Gasteiger partial charge >= 0.3 is 5.97 Å². The Labute approximate surface area is 111 Å². The van der Waals surface area contributed by atoms with Crippen LogP contribution in [0.2, 0.25) is 0 Å². The monoisotopic (exact) mass is 263 g/mol. The van der Waals surface area contributed by atoms with Gasteiger partial charge in [-0.3, -0.25) is 9.59 Å². The van der Waals surface area contributed by atoms with Crippen molar-refractivity contribution in [3.63, 3.8) is 0 Å². The molecule has 0 radical (unpaired) electrons. The number of carbonyl (C=O) groups is 2. The fraction of sp³-hybridized carbons (Fsp3) is 0.429. The largest absolute Gasteiger partial charge is 0.493 e. The van der Waals surface area contributed by atoms with Gasteiger partial charge in [0.25, 0.3) is 0 Å². The van der Waals surface area contributed by atoms with Gasteiger partial charge in [0.15, 0.2) is 0 Å². The highest BCUT2D eigenvalue weighted by Crippen LogP contribution is 2.25. The van der Waals surface area contributed by atoms with Crippen molar-refractivity contribution >= 4 is 11.9 Å². The molecule has 0 atom stereocenters. The lowest BCUT2D eigenvalue weighted by molar-refractivity contribution is -0.143. The molecular formula is C14H17NO4. The number of ether oxygens (including phenoxy) is 1. The molecule has 1 amide bonds. The standard InChI is InChI=1S/C14H17NO4/c1-15(9-14(17)18)13(16)8-10-4-5-12-11(7-10)3-2-6-19-12/h4-5,7H,2-3,6,8-9H2,1H3,(H,17,18). The number of nitrogens with zero attached hydrogens (tertiary/aromatic N) is 1. The average molecular weight is 263 g/mol. The second-order valence-electron chi connectivity index (χ2n) is 4.71. The van der Waals surface area contributed by atoms with Crippen molar-refractivity contribution in [3.05, 3.63) is 29.3 Å². The first-order valence-electron chi connectivity index (χ1n) is 6.26. The van der Waals surface area contributed by atoms with Gasteiger partial charge in [0.2, 0.25) is 5.91 Å². The Balaban J connectivity index is 2.03. The smallest absolute Gasteiger partial charge is 0.323 e. The predicted octanol–water partition coefficient (Wildman–Crippen LogP) is 1.10. The van der Waals surface area contributed by atoms with Gasteiger partial charge in [-0.2, -0.15) is 0 Å². The van der Waals surface area contributed by atoms with Crippen LogP contribution in [0, 0.1) is 0 Å². The zero-order chi connectivity index (χ0) is 13.8. The highest BCUT2D eigenvalue weighted by Gasteiger charge is 2.15. The van der Waals surface area contributed by atoms with Crippen molar-refractivity contribution in [1.82, 2.24) is 4.90 Å². The first kappa shape index (κ1) is 13.4. The molecule has 0 aliphatic carbocycles. The first-order valence-corrected chi connectivity index (χ1v) is 6.26. The molecule has 2 rings (SSSR count). The molecule has 1 aromatic rings. The van der Waals surface area contributed by atoms with E-state index in [-0.39, 0.29) is 18.9 Å². The number of aryl methyl sites for hydroxylation is 1. The lowest BCUT2D eigenvalue weighted by Crippen LogP contribution is -2.33. The Morgan fingerprint density at radius 1 is 1.42 bits per heavy atom.